The molecule has 4 aromatic rings. The van der Waals surface area contributed by atoms with Crippen LogP contribution >= 0.6 is 11.3 Å². The first-order chi connectivity index (χ1) is 17.7. The van der Waals surface area contributed by atoms with E-state index in [2.05, 4.69) is 20.6 Å². The average molecular weight is 562 g/mol. The second-order valence-electron chi connectivity index (χ2n) is 8.40. The van der Waals surface area contributed by atoms with Crippen molar-refractivity contribution in [2.75, 3.05) is 19.3 Å². The molecule has 2 aromatic heterocycles. The van der Waals surface area contributed by atoms with Crippen molar-refractivity contribution in [3.05, 3.63) is 64.8 Å². The van der Waals surface area contributed by atoms with Gasteiger partial charge in [-0.2, -0.15) is 4.83 Å². The van der Waals surface area contributed by atoms with E-state index < -0.39 is 26.4 Å². The Morgan fingerprint density at radius 3 is 2.70 bits per heavy atom. The van der Waals surface area contributed by atoms with Crippen LogP contribution in [0.3, 0.4) is 0 Å². The molecule has 1 aliphatic heterocycles. The molecule has 2 N–H and O–H groups in total. The number of rotatable bonds is 9. The first-order valence-electron chi connectivity index (χ1n) is 11.1. The minimum atomic E-state index is -3.75. The lowest BCUT2D eigenvalue weighted by Crippen LogP contribution is -2.41. The number of fused-ring (bicyclic) bond motifs is 1. The molecular formula is C22H21N6O6S3-. The van der Waals surface area contributed by atoms with Crippen molar-refractivity contribution < 1.29 is 26.4 Å². The number of carbonyl (C=O) groups excluding carboxylic acids is 1. The van der Waals surface area contributed by atoms with Gasteiger partial charge in [-0.25, -0.2) is 18.8 Å². The van der Waals surface area contributed by atoms with Crippen LogP contribution in [0.15, 0.2) is 46.9 Å². The highest BCUT2D eigenvalue weighted by Gasteiger charge is 2.34. The number of benzene rings is 2. The molecule has 15 heteroatoms. The lowest BCUT2D eigenvalue weighted by atomic mass is 10.0. The number of hydrogen-bond acceptors (Lipinski definition) is 11. The Kier molecular flexibility index (Phi) is 7.15. The van der Waals surface area contributed by atoms with Crippen molar-refractivity contribution in [3.63, 3.8) is 0 Å². The fraction of sp³-hybridized carbons (Fsp3) is 0.273. The molecular weight excluding hydrogens is 540 g/mol. The Bertz CT molecular complexity index is 1600. The number of hydrogen-bond donors (Lipinski definition) is 2. The Labute approximate surface area is 218 Å². The van der Waals surface area contributed by atoms with Gasteiger partial charge in [0.05, 0.1) is 16.8 Å². The minimum absolute atomic E-state index is 0.00217. The first kappa shape index (κ1) is 25.6. The number of amides is 1. The SMILES string of the molecule is CS(=O)(=O)C(c1nnc(CNNS(=O)[O-])o1)c1nc2ccc(-c3cccc(C(=O)N4CCC4)c3)cc2s1. The van der Waals surface area contributed by atoms with E-state index >= 15 is 0 Å². The molecule has 0 aliphatic carbocycles. The third kappa shape index (κ3) is 5.61. The molecule has 0 saturated carbocycles. The van der Waals surface area contributed by atoms with Gasteiger partial charge in [-0.3, -0.25) is 9.00 Å². The lowest BCUT2D eigenvalue weighted by molar-refractivity contribution is 0.0652. The van der Waals surface area contributed by atoms with E-state index in [-0.39, 0.29) is 29.2 Å². The predicted molar refractivity (Wildman–Crippen MR) is 135 cm³/mol. The van der Waals surface area contributed by atoms with E-state index in [1.807, 2.05) is 40.1 Å². The Morgan fingerprint density at radius 2 is 2.00 bits per heavy atom. The van der Waals surface area contributed by atoms with Gasteiger partial charge in [0, 0.05) is 36.2 Å². The van der Waals surface area contributed by atoms with Gasteiger partial charge < -0.3 is 13.9 Å². The van der Waals surface area contributed by atoms with Gasteiger partial charge in [0.1, 0.15) is 5.01 Å². The van der Waals surface area contributed by atoms with Crippen molar-refractivity contribution in [1.82, 2.24) is 30.3 Å². The van der Waals surface area contributed by atoms with Crippen LogP contribution in [0.25, 0.3) is 21.3 Å². The molecule has 37 heavy (non-hydrogen) atoms. The van der Waals surface area contributed by atoms with Gasteiger partial charge >= 0.3 is 0 Å². The molecule has 1 amide bonds. The summed E-state index contributed by atoms with van der Waals surface area (Å²) in [5.41, 5.74) is 5.31. The zero-order valence-electron chi connectivity index (χ0n) is 19.4. The molecule has 194 valence electrons. The van der Waals surface area contributed by atoms with Crippen LogP contribution in [0, 0.1) is 0 Å². The fourth-order valence-electron chi connectivity index (χ4n) is 3.85. The summed E-state index contributed by atoms with van der Waals surface area (Å²) < 4.78 is 52.8. The summed E-state index contributed by atoms with van der Waals surface area (Å²) in [6.45, 7) is 1.41. The summed E-state index contributed by atoms with van der Waals surface area (Å²) in [6.07, 6.45) is 2.08. The van der Waals surface area contributed by atoms with E-state index in [1.54, 1.807) is 12.1 Å². The zero-order chi connectivity index (χ0) is 26.2. The third-order valence-electron chi connectivity index (χ3n) is 5.75. The molecule has 2 aromatic carbocycles. The van der Waals surface area contributed by atoms with Gasteiger partial charge in [-0.05, 0) is 41.8 Å². The van der Waals surface area contributed by atoms with Crippen molar-refractivity contribution in [2.45, 2.75) is 18.2 Å². The molecule has 0 spiro atoms. The van der Waals surface area contributed by atoms with Crippen molar-refractivity contribution in [3.8, 4) is 11.1 Å². The number of hydrazine groups is 1. The maximum Gasteiger partial charge on any atom is 0.253 e. The molecule has 2 atom stereocenters. The van der Waals surface area contributed by atoms with Crippen LogP contribution in [0.1, 0.15) is 38.8 Å². The van der Waals surface area contributed by atoms with Crippen LogP contribution in [-0.2, 0) is 27.6 Å². The number of thiazole rings is 1. The normalized spacial score (nSPS) is 15.5. The molecule has 3 heterocycles. The van der Waals surface area contributed by atoms with Crippen LogP contribution in [-0.4, -0.2) is 62.5 Å². The minimum Gasteiger partial charge on any atom is -0.759 e. The number of carbonyl (C=O) groups is 1. The number of aromatic nitrogens is 3. The number of sulfone groups is 1. The van der Waals surface area contributed by atoms with E-state index in [0.29, 0.717) is 11.1 Å². The summed E-state index contributed by atoms with van der Waals surface area (Å²) in [5, 5.41) is 6.62. The van der Waals surface area contributed by atoms with E-state index in [0.717, 1.165) is 41.6 Å². The quantitative estimate of drug-likeness (QED) is 0.226. The molecule has 1 saturated heterocycles. The topological polar surface area (TPSA) is 170 Å². The summed E-state index contributed by atoms with van der Waals surface area (Å²) in [5.74, 6) is -0.159. The van der Waals surface area contributed by atoms with Crippen molar-refractivity contribution in [2.24, 2.45) is 0 Å². The van der Waals surface area contributed by atoms with E-state index in [9.17, 15) is 22.0 Å². The van der Waals surface area contributed by atoms with Gasteiger partial charge in [0.2, 0.25) is 11.8 Å². The van der Waals surface area contributed by atoms with Gasteiger partial charge in [0.15, 0.2) is 15.1 Å². The van der Waals surface area contributed by atoms with Crippen molar-refractivity contribution in [1.29, 1.82) is 0 Å². The maximum absolute atomic E-state index is 12.7. The lowest BCUT2D eigenvalue weighted by Gasteiger charge is -2.31. The summed E-state index contributed by atoms with van der Waals surface area (Å²) in [4.78, 5) is 20.9. The van der Waals surface area contributed by atoms with E-state index in [1.165, 1.54) is 11.3 Å². The second kappa shape index (κ2) is 10.4. The van der Waals surface area contributed by atoms with Gasteiger partial charge in [-0.15, -0.1) is 21.5 Å². The number of likely N-dealkylation sites (tertiary alicyclic amines) is 1. The summed E-state index contributed by atoms with van der Waals surface area (Å²) in [7, 11) is -3.75. The summed E-state index contributed by atoms with van der Waals surface area (Å²) in [6, 6.07) is 13.0. The van der Waals surface area contributed by atoms with Crippen molar-refractivity contribution >= 4 is 48.6 Å². The number of nitrogens with zero attached hydrogens (tertiary/aromatic N) is 4. The highest BCUT2D eigenvalue weighted by Crippen LogP contribution is 2.36. The largest absolute Gasteiger partial charge is 0.759 e. The third-order valence-corrected chi connectivity index (χ3v) is 8.57. The molecule has 1 aliphatic rings. The Hall–Kier alpha value is -3.08. The molecule has 5 rings (SSSR count). The Morgan fingerprint density at radius 1 is 1.22 bits per heavy atom. The summed E-state index contributed by atoms with van der Waals surface area (Å²) >= 11 is -1.35. The first-order valence-corrected chi connectivity index (χ1v) is 14.9. The molecule has 1 fully saturated rings. The van der Waals surface area contributed by atoms with Crippen LogP contribution in [0.2, 0.25) is 0 Å². The Balaban J connectivity index is 1.44. The molecule has 0 radical (unpaired) electrons. The number of nitrogens with one attached hydrogen (secondary N) is 2. The van der Waals surface area contributed by atoms with Gasteiger partial charge in [0.25, 0.3) is 5.91 Å². The average Bonchev–Trinajstić information content (AvgIpc) is 3.43. The molecule has 2 unspecified atom stereocenters. The maximum atomic E-state index is 12.7. The predicted octanol–water partition coefficient (Wildman–Crippen LogP) is 1.71. The highest BCUT2D eigenvalue weighted by atomic mass is 32.2. The molecule has 12 nitrogen and oxygen atoms in total. The van der Waals surface area contributed by atoms with Crippen LogP contribution in [0.5, 0.6) is 0 Å². The standard InChI is InChI=1S/C22H22N6O6S3/c1-37(32,33)19(20-26-25-18(34-20)12-23-27-36(30)31)21-24-16-7-6-14(11-17(16)35-21)13-4-2-5-15(10-13)22(29)28-8-3-9-28/h2,4-7,10-11,19,23,27H,3,8-9,12H2,1H3,(H,30,31)/p-1. The highest BCUT2D eigenvalue weighted by molar-refractivity contribution is 7.91. The smallest absolute Gasteiger partial charge is 0.253 e. The van der Waals surface area contributed by atoms with Gasteiger partial charge in [-0.1, -0.05) is 18.2 Å². The monoisotopic (exact) mass is 561 g/mol. The van der Waals surface area contributed by atoms with E-state index in [4.69, 9.17) is 4.42 Å². The van der Waals surface area contributed by atoms with Crippen LogP contribution < -0.4 is 10.3 Å². The zero-order valence-corrected chi connectivity index (χ0v) is 21.9. The molecule has 0 bridgehead atoms. The fourth-order valence-corrected chi connectivity index (χ4v) is 6.57. The van der Waals surface area contributed by atoms with Crippen LogP contribution in [0.4, 0.5) is 0 Å². The second-order valence-corrected chi connectivity index (χ2v) is 12.3.